The lowest BCUT2D eigenvalue weighted by molar-refractivity contribution is -0.131. The zero-order valence-corrected chi connectivity index (χ0v) is 17.9. The van der Waals surface area contributed by atoms with E-state index in [2.05, 4.69) is 14.5 Å². The average Bonchev–Trinajstić information content (AvgIpc) is 3.35. The number of nitrogens with zero attached hydrogens (tertiary/aromatic N) is 5. The minimum Gasteiger partial charge on any atom is -0.342 e. The molecule has 4 rings (SSSR count). The van der Waals surface area contributed by atoms with Crippen LogP contribution in [0, 0.1) is 5.82 Å². The Morgan fingerprint density at radius 3 is 2.53 bits per heavy atom. The number of likely N-dealkylation sites (tertiary alicyclic amines) is 1. The smallest absolute Gasteiger partial charge is 0.236 e. The highest BCUT2D eigenvalue weighted by Gasteiger charge is 2.38. The maximum Gasteiger partial charge on any atom is 0.236 e. The highest BCUT2D eigenvalue weighted by atomic mass is 32.1. The summed E-state index contributed by atoms with van der Waals surface area (Å²) in [6, 6.07) is 6.53. The van der Waals surface area contributed by atoms with Crippen molar-refractivity contribution in [3.8, 4) is 0 Å². The fraction of sp³-hybridized carbons (Fsp3) is 0.524. The van der Waals surface area contributed by atoms with E-state index in [4.69, 9.17) is 0 Å². The van der Waals surface area contributed by atoms with E-state index in [-0.39, 0.29) is 29.5 Å². The SMILES string of the molecule is CC(=O)N1CCCN(CC(=O)N2C[C@@H](c3ccc(F)cc3)[C@H](c3csnn3)C2)CC1. The first kappa shape index (κ1) is 20.9. The quantitative estimate of drug-likeness (QED) is 0.740. The maximum atomic E-state index is 13.4. The van der Waals surface area contributed by atoms with Crippen molar-refractivity contribution >= 4 is 23.3 Å². The van der Waals surface area contributed by atoms with Crippen molar-refractivity contribution in [2.75, 3.05) is 45.8 Å². The van der Waals surface area contributed by atoms with E-state index in [1.54, 1.807) is 19.1 Å². The number of hydrogen-bond acceptors (Lipinski definition) is 6. The van der Waals surface area contributed by atoms with Gasteiger partial charge in [-0.05, 0) is 35.6 Å². The van der Waals surface area contributed by atoms with Crippen LogP contribution >= 0.6 is 11.5 Å². The summed E-state index contributed by atoms with van der Waals surface area (Å²) in [5.41, 5.74) is 1.90. The van der Waals surface area contributed by atoms with Crippen LogP contribution < -0.4 is 0 Å². The molecule has 1 aromatic carbocycles. The molecule has 0 N–H and O–H groups in total. The number of benzene rings is 1. The van der Waals surface area contributed by atoms with Crippen LogP contribution in [0.15, 0.2) is 29.6 Å². The van der Waals surface area contributed by atoms with Gasteiger partial charge < -0.3 is 9.80 Å². The molecule has 2 aliphatic rings. The summed E-state index contributed by atoms with van der Waals surface area (Å²) in [6.45, 7) is 6.03. The topological polar surface area (TPSA) is 69.6 Å². The van der Waals surface area contributed by atoms with Crippen molar-refractivity contribution in [1.29, 1.82) is 0 Å². The molecule has 0 bridgehead atoms. The summed E-state index contributed by atoms with van der Waals surface area (Å²) in [5.74, 6) is 0.0252. The Morgan fingerprint density at radius 1 is 1.07 bits per heavy atom. The van der Waals surface area contributed by atoms with Gasteiger partial charge in [-0.2, -0.15) is 0 Å². The van der Waals surface area contributed by atoms with Crippen LogP contribution in [-0.2, 0) is 9.59 Å². The summed E-state index contributed by atoms with van der Waals surface area (Å²) in [7, 11) is 0. The molecule has 0 unspecified atom stereocenters. The van der Waals surface area contributed by atoms with Gasteiger partial charge in [-0.3, -0.25) is 14.5 Å². The molecule has 0 saturated carbocycles. The lowest BCUT2D eigenvalue weighted by Crippen LogP contribution is -2.41. The number of aromatic nitrogens is 2. The second-order valence-electron chi connectivity index (χ2n) is 8.03. The van der Waals surface area contributed by atoms with Gasteiger partial charge >= 0.3 is 0 Å². The Morgan fingerprint density at radius 2 is 1.83 bits per heavy atom. The van der Waals surface area contributed by atoms with Crippen LogP contribution in [0.25, 0.3) is 0 Å². The summed E-state index contributed by atoms with van der Waals surface area (Å²) in [5, 5.41) is 6.18. The highest BCUT2D eigenvalue weighted by Crippen LogP contribution is 2.39. The van der Waals surface area contributed by atoms with Gasteiger partial charge in [0.15, 0.2) is 0 Å². The van der Waals surface area contributed by atoms with Crippen LogP contribution in [0.2, 0.25) is 0 Å². The van der Waals surface area contributed by atoms with Crippen molar-refractivity contribution in [1.82, 2.24) is 24.3 Å². The Hall–Kier alpha value is -2.39. The average molecular weight is 432 g/mol. The molecule has 2 amide bonds. The molecule has 9 heteroatoms. The van der Waals surface area contributed by atoms with Gasteiger partial charge in [0.25, 0.3) is 0 Å². The lowest BCUT2D eigenvalue weighted by Gasteiger charge is -2.24. The standard InChI is InChI=1S/C21H26FN5O2S/c1-15(28)26-8-2-7-25(9-10-26)13-21(29)27-11-18(16-3-5-17(22)6-4-16)19(12-27)20-14-30-24-23-20/h3-6,14,18-19H,2,7-13H2,1H3/t18-,19+/m0/s1. The number of amides is 2. The molecule has 0 spiro atoms. The van der Waals surface area contributed by atoms with Gasteiger partial charge in [0, 0.05) is 63.4 Å². The molecule has 0 aliphatic carbocycles. The summed E-state index contributed by atoms with van der Waals surface area (Å²) >= 11 is 1.30. The highest BCUT2D eigenvalue weighted by molar-refractivity contribution is 7.03. The van der Waals surface area contributed by atoms with Gasteiger partial charge in [-0.1, -0.05) is 16.6 Å². The molecular formula is C21H26FN5O2S. The Labute approximate surface area is 179 Å². The summed E-state index contributed by atoms with van der Waals surface area (Å²) in [6.07, 6.45) is 0.873. The van der Waals surface area contributed by atoms with Crippen molar-refractivity contribution in [3.05, 3.63) is 46.7 Å². The third-order valence-electron chi connectivity index (χ3n) is 6.12. The molecule has 2 fully saturated rings. The predicted octanol–water partition coefficient (Wildman–Crippen LogP) is 1.94. The van der Waals surface area contributed by atoms with E-state index >= 15 is 0 Å². The zero-order chi connectivity index (χ0) is 21.1. The molecule has 1 aromatic heterocycles. The molecule has 2 aliphatic heterocycles. The van der Waals surface area contributed by atoms with Crippen LogP contribution in [0.1, 0.15) is 36.4 Å². The number of halogens is 1. The molecule has 160 valence electrons. The Balaban J connectivity index is 1.44. The van der Waals surface area contributed by atoms with E-state index in [0.717, 1.165) is 30.8 Å². The molecule has 2 aromatic rings. The number of carbonyl (C=O) groups excluding carboxylic acids is 2. The van der Waals surface area contributed by atoms with Crippen molar-refractivity contribution in [3.63, 3.8) is 0 Å². The molecule has 3 heterocycles. The molecule has 7 nitrogen and oxygen atoms in total. The van der Waals surface area contributed by atoms with Gasteiger partial charge in [0.2, 0.25) is 11.8 Å². The van der Waals surface area contributed by atoms with Crippen molar-refractivity contribution < 1.29 is 14.0 Å². The first-order valence-electron chi connectivity index (χ1n) is 10.3. The van der Waals surface area contributed by atoms with E-state index in [1.165, 1.54) is 23.7 Å². The third kappa shape index (κ3) is 4.67. The van der Waals surface area contributed by atoms with E-state index in [1.807, 2.05) is 15.2 Å². The van der Waals surface area contributed by atoms with Crippen molar-refractivity contribution in [2.24, 2.45) is 0 Å². The first-order valence-corrected chi connectivity index (χ1v) is 11.1. The van der Waals surface area contributed by atoms with Gasteiger partial charge in [0.1, 0.15) is 5.82 Å². The van der Waals surface area contributed by atoms with Crippen LogP contribution in [0.5, 0.6) is 0 Å². The minimum absolute atomic E-state index is 0.0514. The number of rotatable bonds is 4. The van der Waals surface area contributed by atoms with E-state index in [9.17, 15) is 14.0 Å². The fourth-order valence-corrected chi connectivity index (χ4v) is 4.94. The Kier molecular flexibility index (Phi) is 6.38. The molecular weight excluding hydrogens is 405 g/mol. The second kappa shape index (κ2) is 9.18. The van der Waals surface area contributed by atoms with Gasteiger partial charge in [-0.25, -0.2) is 4.39 Å². The zero-order valence-electron chi connectivity index (χ0n) is 17.0. The van der Waals surface area contributed by atoms with Gasteiger partial charge in [0.05, 0.1) is 12.2 Å². The number of carbonyl (C=O) groups is 2. The van der Waals surface area contributed by atoms with E-state index in [0.29, 0.717) is 32.7 Å². The summed E-state index contributed by atoms with van der Waals surface area (Å²) < 4.78 is 17.4. The Bertz CT molecular complexity index is 876. The van der Waals surface area contributed by atoms with Crippen LogP contribution in [-0.4, -0.2) is 81.9 Å². The fourth-order valence-electron chi connectivity index (χ4n) is 4.42. The first-order chi connectivity index (χ1) is 14.5. The molecule has 2 atom stereocenters. The predicted molar refractivity (Wildman–Crippen MR) is 112 cm³/mol. The normalized spacial score (nSPS) is 22.9. The largest absolute Gasteiger partial charge is 0.342 e. The number of hydrogen-bond donors (Lipinski definition) is 0. The third-order valence-corrected chi connectivity index (χ3v) is 6.64. The maximum absolute atomic E-state index is 13.4. The van der Waals surface area contributed by atoms with Crippen LogP contribution in [0.4, 0.5) is 4.39 Å². The summed E-state index contributed by atoms with van der Waals surface area (Å²) in [4.78, 5) is 30.6. The lowest BCUT2D eigenvalue weighted by atomic mass is 9.87. The molecule has 2 saturated heterocycles. The minimum atomic E-state index is -0.266. The van der Waals surface area contributed by atoms with Crippen molar-refractivity contribution in [2.45, 2.75) is 25.2 Å². The molecule has 0 radical (unpaired) electrons. The molecule has 30 heavy (non-hydrogen) atoms. The monoisotopic (exact) mass is 431 g/mol. The van der Waals surface area contributed by atoms with Gasteiger partial charge in [-0.15, -0.1) is 5.10 Å². The van der Waals surface area contributed by atoms with Crippen LogP contribution in [0.3, 0.4) is 0 Å². The van der Waals surface area contributed by atoms with E-state index < -0.39 is 0 Å². The second-order valence-corrected chi connectivity index (χ2v) is 8.64.